The van der Waals surface area contributed by atoms with Gasteiger partial charge in [-0.1, -0.05) is 24.3 Å². The van der Waals surface area contributed by atoms with Gasteiger partial charge in [-0.05, 0) is 31.2 Å². The van der Waals surface area contributed by atoms with Gasteiger partial charge in [-0.3, -0.25) is 0 Å². The Morgan fingerprint density at radius 3 is 2.45 bits per heavy atom. The van der Waals surface area contributed by atoms with Crippen LogP contribution in [0.1, 0.15) is 36.8 Å². The van der Waals surface area contributed by atoms with Gasteiger partial charge in [0.1, 0.15) is 0 Å². The standard InChI is InChI=1S/C15H18F2O3/c1-2-20-14(18)15(16,17)13-5-3-11(4-6-13)12-7-9-19-10-8-12/h3-6,12H,2,7-10H2,1H3. The van der Waals surface area contributed by atoms with Crippen molar-refractivity contribution in [1.29, 1.82) is 0 Å². The number of rotatable bonds is 4. The van der Waals surface area contributed by atoms with E-state index < -0.39 is 11.9 Å². The van der Waals surface area contributed by atoms with Crippen LogP contribution in [0.5, 0.6) is 0 Å². The highest BCUT2D eigenvalue weighted by Crippen LogP contribution is 2.32. The van der Waals surface area contributed by atoms with Crippen LogP contribution in [0.4, 0.5) is 8.78 Å². The summed E-state index contributed by atoms with van der Waals surface area (Å²) in [7, 11) is 0. The molecule has 5 heteroatoms. The van der Waals surface area contributed by atoms with Gasteiger partial charge in [0.2, 0.25) is 0 Å². The molecule has 0 spiro atoms. The first-order valence-electron chi connectivity index (χ1n) is 6.79. The summed E-state index contributed by atoms with van der Waals surface area (Å²) < 4.78 is 37.3. The molecular formula is C15H18F2O3. The first-order chi connectivity index (χ1) is 9.55. The van der Waals surface area contributed by atoms with Crippen LogP contribution in [0.25, 0.3) is 0 Å². The summed E-state index contributed by atoms with van der Waals surface area (Å²) in [5, 5.41) is 0. The van der Waals surface area contributed by atoms with Gasteiger partial charge < -0.3 is 9.47 Å². The van der Waals surface area contributed by atoms with Gasteiger partial charge in [-0.15, -0.1) is 0 Å². The molecule has 1 aliphatic heterocycles. The van der Waals surface area contributed by atoms with E-state index in [-0.39, 0.29) is 12.2 Å². The number of ether oxygens (including phenoxy) is 2. The second-order valence-corrected chi connectivity index (χ2v) is 4.80. The Kier molecular flexibility index (Phi) is 4.70. The highest BCUT2D eigenvalue weighted by molar-refractivity contribution is 5.79. The van der Waals surface area contributed by atoms with Crippen molar-refractivity contribution in [2.45, 2.75) is 31.6 Å². The van der Waals surface area contributed by atoms with E-state index in [9.17, 15) is 13.6 Å². The minimum Gasteiger partial charge on any atom is -0.461 e. The fourth-order valence-electron chi connectivity index (χ4n) is 2.34. The number of alkyl halides is 2. The van der Waals surface area contributed by atoms with Gasteiger partial charge in [0, 0.05) is 18.8 Å². The summed E-state index contributed by atoms with van der Waals surface area (Å²) in [5.41, 5.74) is 0.684. The Bertz CT molecular complexity index is 451. The SMILES string of the molecule is CCOC(=O)C(F)(F)c1ccc(C2CCOCC2)cc1. The van der Waals surface area contributed by atoms with Gasteiger partial charge in [-0.25, -0.2) is 4.79 Å². The van der Waals surface area contributed by atoms with E-state index in [1.54, 1.807) is 12.1 Å². The van der Waals surface area contributed by atoms with Crippen LogP contribution < -0.4 is 0 Å². The lowest BCUT2D eigenvalue weighted by Gasteiger charge is -2.23. The molecule has 0 radical (unpaired) electrons. The molecule has 0 atom stereocenters. The number of carbonyl (C=O) groups excluding carboxylic acids is 1. The van der Waals surface area contributed by atoms with Crippen LogP contribution in [0.3, 0.4) is 0 Å². The molecule has 1 heterocycles. The second kappa shape index (κ2) is 6.31. The molecule has 3 nitrogen and oxygen atoms in total. The molecule has 110 valence electrons. The van der Waals surface area contributed by atoms with Crippen LogP contribution in [0.2, 0.25) is 0 Å². The number of hydrogen-bond acceptors (Lipinski definition) is 3. The molecule has 0 N–H and O–H groups in total. The van der Waals surface area contributed by atoms with E-state index >= 15 is 0 Å². The number of esters is 1. The number of carbonyl (C=O) groups is 1. The Labute approximate surface area is 116 Å². The Hall–Kier alpha value is -1.49. The van der Waals surface area contributed by atoms with Crippen molar-refractivity contribution < 1.29 is 23.0 Å². The van der Waals surface area contributed by atoms with E-state index in [4.69, 9.17) is 4.74 Å². The third-order valence-electron chi connectivity index (χ3n) is 3.50. The molecule has 1 saturated heterocycles. The zero-order valence-corrected chi connectivity index (χ0v) is 11.4. The fourth-order valence-corrected chi connectivity index (χ4v) is 2.34. The van der Waals surface area contributed by atoms with Crippen molar-refractivity contribution in [3.8, 4) is 0 Å². The smallest absolute Gasteiger partial charge is 0.381 e. The molecule has 0 unspecified atom stereocenters. The van der Waals surface area contributed by atoms with Gasteiger partial charge in [-0.2, -0.15) is 8.78 Å². The van der Waals surface area contributed by atoms with Crippen LogP contribution >= 0.6 is 0 Å². The number of hydrogen-bond donors (Lipinski definition) is 0. The third kappa shape index (κ3) is 3.15. The summed E-state index contributed by atoms with van der Waals surface area (Å²) in [6, 6.07) is 5.94. The van der Waals surface area contributed by atoms with E-state index in [0.717, 1.165) is 18.4 Å². The van der Waals surface area contributed by atoms with Crippen molar-refractivity contribution in [3.63, 3.8) is 0 Å². The Morgan fingerprint density at radius 2 is 1.90 bits per heavy atom. The van der Waals surface area contributed by atoms with E-state index in [1.807, 2.05) is 0 Å². The average Bonchev–Trinajstić information content (AvgIpc) is 2.48. The van der Waals surface area contributed by atoms with Crippen LogP contribution in [-0.2, 0) is 20.2 Å². The quantitative estimate of drug-likeness (QED) is 0.796. The summed E-state index contributed by atoms with van der Waals surface area (Å²) in [5.74, 6) is -4.75. The molecule has 1 fully saturated rings. The third-order valence-corrected chi connectivity index (χ3v) is 3.50. The summed E-state index contributed by atoms with van der Waals surface area (Å²) in [6.07, 6.45) is 1.79. The summed E-state index contributed by atoms with van der Waals surface area (Å²) in [4.78, 5) is 11.3. The lowest BCUT2D eigenvalue weighted by Crippen LogP contribution is -2.28. The molecule has 0 bridgehead atoms. The van der Waals surface area contributed by atoms with Crippen molar-refractivity contribution in [2.24, 2.45) is 0 Å². The van der Waals surface area contributed by atoms with Crippen molar-refractivity contribution in [3.05, 3.63) is 35.4 Å². The van der Waals surface area contributed by atoms with Crippen LogP contribution in [0.15, 0.2) is 24.3 Å². The minimum absolute atomic E-state index is 0.0609. The monoisotopic (exact) mass is 284 g/mol. The second-order valence-electron chi connectivity index (χ2n) is 4.80. The maximum Gasteiger partial charge on any atom is 0.381 e. The molecule has 20 heavy (non-hydrogen) atoms. The molecule has 0 saturated carbocycles. The first kappa shape index (κ1) is 14.9. The van der Waals surface area contributed by atoms with Gasteiger partial charge in [0.05, 0.1) is 6.61 Å². The number of benzene rings is 1. The van der Waals surface area contributed by atoms with E-state index in [2.05, 4.69) is 4.74 Å². The van der Waals surface area contributed by atoms with Gasteiger partial charge in [0.15, 0.2) is 0 Å². The van der Waals surface area contributed by atoms with Crippen molar-refractivity contribution >= 4 is 5.97 Å². The molecule has 2 rings (SSSR count). The highest BCUT2D eigenvalue weighted by atomic mass is 19.3. The maximum atomic E-state index is 13.8. The predicted octanol–water partition coefficient (Wildman–Crippen LogP) is 3.24. The molecule has 1 aromatic rings. The normalized spacial score (nSPS) is 16.9. The topological polar surface area (TPSA) is 35.5 Å². The molecule has 0 amide bonds. The molecule has 0 aliphatic carbocycles. The van der Waals surface area contributed by atoms with Crippen molar-refractivity contribution in [1.82, 2.24) is 0 Å². The zero-order valence-electron chi connectivity index (χ0n) is 11.4. The first-order valence-corrected chi connectivity index (χ1v) is 6.79. The average molecular weight is 284 g/mol. The number of halogens is 2. The van der Waals surface area contributed by atoms with E-state index in [0.29, 0.717) is 19.1 Å². The highest BCUT2D eigenvalue weighted by Gasteiger charge is 2.42. The largest absolute Gasteiger partial charge is 0.461 e. The van der Waals surface area contributed by atoms with Gasteiger partial charge in [0.25, 0.3) is 0 Å². The predicted molar refractivity (Wildman–Crippen MR) is 69.8 cm³/mol. The lowest BCUT2D eigenvalue weighted by atomic mass is 9.90. The molecule has 0 aromatic heterocycles. The molecule has 1 aromatic carbocycles. The molecular weight excluding hydrogens is 266 g/mol. The van der Waals surface area contributed by atoms with Crippen LogP contribution in [0, 0.1) is 0 Å². The van der Waals surface area contributed by atoms with Crippen molar-refractivity contribution in [2.75, 3.05) is 19.8 Å². The molecule has 1 aliphatic rings. The van der Waals surface area contributed by atoms with Gasteiger partial charge >= 0.3 is 11.9 Å². The summed E-state index contributed by atoms with van der Waals surface area (Å²) in [6.45, 7) is 2.84. The fraction of sp³-hybridized carbons (Fsp3) is 0.533. The maximum absolute atomic E-state index is 13.8. The van der Waals surface area contributed by atoms with Crippen LogP contribution in [-0.4, -0.2) is 25.8 Å². The lowest BCUT2D eigenvalue weighted by molar-refractivity contribution is -0.173. The Morgan fingerprint density at radius 1 is 1.30 bits per heavy atom. The van der Waals surface area contributed by atoms with E-state index in [1.165, 1.54) is 19.1 Å². The summed E-state index contributed by atoms with van der Waals surface area (Å²) >= 11 is 0. The minimum atomic E-state index is -3.59. The Balaban J connectivity index is 2.12. The zero-order chi connectivity index (χ0) is 14.6.